The van der Waals surface area contributed by atoms with E-state index in [9.17, 15) is 4.79 Å². The van der Waals surface area contributed by atoms with Crippen molar-refractivity contribution in [3.8, 4) is 22.9 Å². The van der Waals surface area contributed by atoms with Gasteiger partial charge in [-0.15, -0.1) is 0 Å². The van der Waals surface area contributed by atoms with Gasteiger partial charge in [0.25, 0.3) is 5.91 Å². The fourth-order valence-corrected chi connectivity index (χ4v) is 2.52. The lowest BCUT2D eigenvalue weighted by atomic mass is 10.2. The highest BCUT2D eigenvalue weighted by Crippen LogP contribution is 2.19. The summed E-state index contributed by atoms with van der Waals surface area (Å²) in [5.41, 5.74) is 0.859. The van der Waals surface area contributed by atoms with E-state index in [4.69, 9.17) is 14.0 Å². The molecule has 1 aromatic heterocycles. The molecule has 0 aliphatic heterocycles. The number of hydrogen-bond acceptors (Lipinski definition) is 6. The minimum Gasteiger partial charge on any atom is -0.497 e. The molecule has 3 aromatic rings. The van der Waals surface area contributed by atoms with Crippen LogP contribution in [0.15, 0.2) is 59.1 Å². The first kappa shape index (κ1) is 18.4. The molecule has 0 aliphatic carbocycles. The van der Waals surface area contributed by atoms with E-state index in [0.29, 0.717) is 17.5 Å². The molecule has 1 amide bonds. The van der Waals surface area contributed by atoms with Gasteiger partial charge in [-0.3, -0.25) is 4.79 Å². The largest absolute Gasteiger partial charge is 0.497 e. The van der Waals surface area contributed by atoms with Gasteiger partial charge >= 0.3 is 0 Å². The number of amides is 1. The molecule has 0 fully saturated rings. The van der Waals surface area contributed by atoms with Crippen molar-refractivity contribution in [2.75, 3.05) is 14.2 Å². The van der Waals surface area contributed by atoms with Gasteiger partial charge in [-0.25, -0.2) is 0 Å². The van der Waals surface area contributed by atoms with Crippen molar-refractivity contribution in [2.45, 2.75) is 19.6 Å². The molecule has 1 atom stereocenters. The van der Waals surface area contributed by atoms with Crippen LogP contribution in [0.5, 0.6) is 11.5 Å². The number of nitrogens with zero attached hydrogens (tertiary/aromatic N) is 3. The van der Waals surface area contributed by atoms with Gasteiger partial charge in [-0.05, 0) is 31.2 Å². The Kier molecular flexibility index (Phi) is 5.71. The zero-order valence-corrected chi connectivity index (χ0v) is 15.5. The summed E-state index contributed by atoms with van der Waals surface area (Å²) in [4.78, 5) is 18.4. The standard InChI is InChI=1S/C20H21N3O4/c1-14(26-17-11-9-16(25-3)10-12-17)20(24)23(2)13-18-21-19(22-27-18)15-7-5-4-6-8-15/h4-12,14H,13H2,1-3H3/t14-/m0/s1. The van der Waals surface area contributed by atoms with Gasteiger partial charge in [-0.2, -0.15) is 4.98 Å². The quantitative estimate of drug-likeness (QED) is 0.638. The fraction of sp³-hybridized carbons (Fsp3) is 0.250. The van der Waals surface area contributed by atoms with Crippen LogP contribution in [0.4, 0.5) is 0 Å². The average Bonchev–Trinajstić information content (AvgIpc) is 3.17. The maximum Gasteiger partial charge on any atom is 0.263 e. The summed E-state index contributed by atoms with van der Waals surface area (Å²) >= 11 is 0. The predicted molar refractivity (Wildman–Crippen MR) is 99.3 cm³/mol. The van der Waals surface area contributed by atoms with Crippen molar-refractivity contribution >= 4 is 5.91 Å². The molecule has 0 saturated heterocycles. The molecule has 0 saturated carbocycles. The summed E-state index contributed by atoms with van der Waals surface area (Å²) in [6.07, 6.45) is -0.653. The van der Waals surface area contributed by atoms with Crippen molar-refractivity contribution < 1.29 is 18.8 Å². The summed E-state index contributed by atoms with van der Waals surface area (Å²) in [6, 6.07) is 16.6. The number of hydrogen-bond donors (Lipinski definition) is 0. The number of methoxy groups -OCH3 is 1. The fourth-order valence-electron chi connectivity index (χ4n) is 2.52. The normalized spacial score (nSPS) is 11.7. The van der Waals surface area contributed by atoms with Gasteiger partial charge in [0, 0.05) is 12.6 Å². The summed E-state index contributed by atoms with van der Waals surface area (Å²) in [5.74, 6) is 1.99. The first-order valence-electron chi connectivity index (χ1n) is 8.50. The first-order chi connectivity index (χ1) is 13.1. The molecule has 2 aromatic carbocycles. The Hall–Kier alpha value is -3.35. The van der Waals surface area contributed by atoms with Crippen LogP contribution in [-0.2, 0) is 11.3 Å². The van der Waals surface area contributed by atoms with E-state index in [2.05, 4.69) is 10.1 Å². The number of ether oxygens (including phenoxy) is 2. The van der Waals surface area contributed by atoms with E-state index in [0.717, 1.165) is 11.3 Å². The number of rotatable bonds is 7. The Bertz CT molecular complexity index is 878. The van der Waals surface area contributed by atoms with Gasteiger partial charge in [0.1, 0.15) is 11.5 Å². The summed E-state index contributed by atoms with van der Waals surface area (Å²) in [6.45, 7) is 1.90. The second kappa shape index (κ2) is 8.35. The minimum atomic E-state index is -0.653. The smallest absolute Gasteiger partial charge is 0.263 e. The van der Waals surface area contributed by atoms with Crippen LogP contribution in [0.3, 0.4) is 0 Å². The van der Waals surface area contributed by atoms with Crippen molar-refractivity contribution in [3.63, 3.8) is 0 Å². The monoisotopic (exact) mass is 367 g/mol. The van der Waals surface area contributed by atoms with Crippen molar-refractivity contribution in [2.24, 2.45) is 0 Å². The third-order valence-electron chi connectivity index (χ3n) is 3.97. The summed E-state index contributed by atoms with van der Waals surface area (Å²) < 4.78 is 16.1. The van der Waals surface area contributed by atoms with Crippen LogP contribution in [-0.4, -0.2) is 41.2 Å². The van der Waals surface area contributed by atoms with E-state index < -0.39 is 6.10 Å². The number of aromatic nitrogens is 2. The second-order valence-corrected chi connectivity index (χ2v) is 6.01. The highest BCUT2D eigenvalue weighted by Gasteiger charge is 2.21. The number of likely N-dealkylation sites (N-methyl/N-ethyl adjacent to an activating group) is 1. The van der Waals surface area contributed by atoms with Gasteiger partial charge in [0.2, 0.25) is 11.7 Å². The molecular formula is C20H21N3O4. The van der Waals surface area contributed by atoms with E-state index in [1.807, 2.05) is 30.3 Å². The summed E-state index contributed by atoms with van der Waals surface area (Å²) in [5, 5.41) is 3.96. The third kappa shape index (κ3) is 4.63. The van der Waals surface area contributed by atoms with Crippen LogP contribution >= 0.6 is 0 Å². The molecule has 7 nitrogen and oxygen atoms in total. The van der Waals surface area contributed by atoms with Gasteiger partial charge in [-0.1, -0.05) is 35.5 Å². The molecule has 0 bridgehead atoms. The van der Waals surface area contributed by atoms with Crippen LogP contribution in [0.1, 0.15) is 12.8 Å². The predicted octanol–water partition coefficient (Wildman–Crippen LogP) is 3.17. The van der Waals surface area contributed by atoms with Crippen molar-refractivity contribution in [1.82, 2.24) is 15.0 Å². The van der Waals surface area contributed by atoms with E-state index >= 15 is 0 Å². The van der Waals surface area contributed by atoms with E-state index in [1.165, 1.54) is 4.90 Å². The molecule has 0 radical (unpaired) electrons. The Morgan fingerprint density at radius 3 is 2.44 bits per heavy atom. The Morgan fingerprint density at radius 1 is 1.11 bits per heavy atom. The van der Waals surface area contributed by atoms with Crippen LogP contribution in [0.25, 0.3) is 11.4 Å². The molecule has 0 unspecified atom stereocenters. The maximum absolute atomic E-state index is 12.5. The maximum atomic E-state index is 12.5. The number of carbonyl (C=O) groups is 1. The van der Waals surface area contributed by atoms with Crippen molar-refractivity contribution in [3.05, 3.63) is 60.5 Å². The molecule has 140 valence electrons. The van der Waals surface area contributed by atoms with Gasteiger partial charge < -0.3 is 18.9 Å². The number of benzene rings is 2. The highest BCUT2D eigenvalue weighted by molar-refractivity contribution is 5.80. The molecular weight excluding hydrogens is 346 g/mol. The Morgan fingerprint density at radius 2 is 1.78 bits per heavy atom. The molecule has 7 heteroatoms. The van der Waals surface area contributed by atoms with Crippen LogP contribution < -0.4 is 9.47 Å². The van der Waals surface area contributed by atoms with Gasteiger partial charge in [0.05, 0.1) is 13.7 Å². The SMILES string of the molecule is COc1ccc(O[C@@H](C)C(=O)N(C)Cc2nc(-c3ccccc3)no2)cc1. The third-order valence-corrected chi connectivity index (χ3v) is 3.97. The van der Waals surface area contributed by atoms with E-state index in [-0.39, 0.29) is 12.5 Å². The second-order valence-electron chi connectivity index (χ2n) is 6.01. The molecule has 1 heterocycles. The molecule has 3 rings (SSSR count). The molecule has 27 heavy (non-hydrogen) atoms. The lowest BCUT2D eigenvalue weighted by Crippen LogP contribution is -2.37. The zero-order valence-electron chi connectivity index (χ0n) is 15.5. The topological polar surface area (TPSA) is 77.7 Å². The Labute approximate surface area is 157 Å². The Balaban J connectivity index is 1.59. The lowest BCUT2D eigenvalue weighted by Gasteiger charge is -2.20. The summed E-state index contributed by atoms with van der Waals surface area (Å²) in [7, 11) is 3.26. The lowest BCUT2D eigenvalue weighted by molar-refractivity contribution is -0.137. The zero-order chi connectivity index (χ0) is 19.2. The van der Waals surface area contributed by atoms with Crippen LogP contribution in [0, 0.1) is 0 Å². The van der Waals surface area contributed by atoms with Crippen LogP contribution in [0.2, 0.25) is 0 Å². The van der Waals surface area contributed by atoms with E-state index in [1.54, 1.807) is 45.3 Å². The molecule has 0 aliphatic rings. The van der Waals surface area contributed by atoms with Crippen molar-refractivity contribution in [1.29, 1.82) is 0 Å². The minimum absolute atomic E-state index is 0.190. The average molecular weight is 367 g/mol. The highest BCUT2D eigenvalue weighted by atomic mass is 16.5. The first-order valence-corrected chi connectivity index (χ1v) is 8.50. The molecule has 0 spiro atoms. The van der Waals surface area contributed by atoms with Gasteiger partial charge in [0.15, 0.2) is 6.10 Å². The molecule has 0 N–H and O–H groups in total. The number of carbonyl (C=O) groups excluding carboxylic acids is 1.